The van der Waals surface area contributed by atoms with E-state index >= 15 is 0 Å². The molecule has 0 amide bonds. The first-order valence-corrected chi connectivity index (χ1v) is 20.0. The van der Waals surface area contributed by atoms with Gasteiger partial charge in [-0.2, -0.15) is 0 Å². The first kappa shape index (κ1) is 15.6. The standard InChI is InChI=1S/C6H17OSi2.C5H5.2CH3.Pt/c1-8(2,3)7-9(4,5)6;1-2-4-5-3-1;;;/h1H2,2-6H3;1-5H;2*1H3;. The van der Waals surface area contributed by atoms with Gasteiger partial charge >= 0.3 is 113 Å². The molecule has 17 heavy (non-hydrogen) atoms. The van der Waals surface area contributed by atoms with Crippen molar-refractivity contribution in [2.24, 2.45) is 0 Å². The van der Waals surface area contributed by atoms with Crippen molar-refractivity contribution in [3.63, 3.8) is 0 Å². The zero-order chi connectivity index (χ0) is 13.3. The fraction of sp³-hybridized carbons (Fsp3) is 0.692. The Morgan fingerprint density at radius 3 is 1.88 bits per heavy atom. The second-order valence-corrected chi connectivity index (χ2v) is 28.3. The number of allylic oxidation sites excluding steroid dienone is 4. The van der Waals surface area contributed by atoms with Crippen LogP contribution in [0.25, 0.3) is 0 Å². The molecule has 0 saturated carbocycles. The number of hydrogen-bond acceptors (Lipinski definition) is 1. The third kappa shape index (κ3) is 5.37. The maximum absolute atomic E-state index is 6.50. The SMILES string of the molecule is C[Si](C)(C)O[Si](C)(C)[CH2][Pt]([CH3])([CH3])[CH]1C=CC=C1. The monoisotopic (exact) mass is 451 g/mol. The van der Waals surface area contributed by atoms with Crippen LogP contribution < -0.4 is 0 Å². The fourth-order valence-corrected chi connectivity index (χ4v) is 31.6. The Kier molecular flexibility index (Phi) is 4.85. The molecule has 0 aliphatic heterocycles. The first-order valence-electron chi connectivity index (χ1n) is 5.97. The average Bonchev–Trinajstić information content (AvgIpc) is 2.46. The van der Waals surface area contributed by atoms with Crippen LogP contribution in [0.2, 0.25) is 52.1 Å². The van der Waals surface area contributed by atoms with Gasteiger partial charge in [-0.05, 0) is 0 Å². The van der Waals surface area contributed by atoms with Crippen LogP contribution in [0.3, 0.4) is 0 Å². The second-order valence-electron chi connectivity index (χ2n) is 6.52. The van der Waals surface area contributed by atoms with Crippen LogP contribution in [0.1, 0.15) is 0 Å². The molecular weight excluding hydrogens is 423 g/mol. The van der Waals surface area contributed by atoms with Crippen LogP contribution in [0.4, 0.5) is 0 Å². The van der Waals surface area contributed by atoms with Gasteiger partial charge in [-0.15, -0.1) is 0 Å². The summed E-state index contributed by atoms with van der Waals surface area (Å²) >= 11 is -1.68. The summed E-state index contributed by atoms with van der Waals surface area (Å²) in [6.07, 6.45) is 9.22. The van der Waals surface area contributed by atoms with E-state index in [1.54, 1.807) is 0 Å². The summed E-state index contributed by atoms with van der Waals surface area (Å²) in [5.41, 5.74) is 0. The molecule has 0 unspecified atom stereocenters. The van der Waals surface area contributed by atoms with Gasteiger partial charge < -0.3 is 0 Å². The van der Waals surface area contributed by atoms with E-state index in [9.17, 15) is 0 Å². The van der Waals surface area contributed by atoms with E-state index in [4.69, 9.17) is 4.12 Å². The van der Waals surface area contributed by atoms with Crippen molar-refractivity contribution in [1.29, 1.82) is 0 Å². The van der Waals surface area contributed by atoms with Crippen LogP contribution >= 0.6 is 0 Å². The van der Waals surface area contributed by atoms with E-state index in [0.29, 0.717) is 0 Å². The van der Waals surface area contributed by atoms with E-state index in [2.05, 4.69) is 67.7 Å². The normalized spacial score (nSPS) is 19.0. The van der Waals surface area contributed by atoms with Crippen molar-refractivity contribution < 1.29 is 20.2 Å². The Bertz CT molecular complexity index is 315. The van der Waals surface area contributed by atoms with Gasteiger partial charge in [0.05, 0.1) is 0 Å². The topological polar surface area (TPSA) is 9.23 Å². The van der Waals surface area contributed by atoms with E-state index < -0.39 is 32.7 Å². The Morgan fingerprint density at radius 2 is 1.47 bits per heavy atom. The molecule has 0 bridgehead atoms. The molecule has 0 atom stereocenters. The van der Waals surface area contributed by atoms with Gasteiger partial charge in [0, 0.05) is 0 Å². The number of rotatable bonds is 5. The Labute approximate surface area is 113 Å². The van der Waals surface area contributed by atoms with Gasteiger partial charge in [0.1, 0.15) is 0 Å². The average molecular weight is 452 g/mol. The molecule has 0 N–H and O–H groups in total. The minimum absolute atomic E-state index is 0.763. The third-order valence-electron chi connectivity index (χ3n) is 2.39. The molecule has 0 radical (unpaired) electrons. The molecule has 0 saturated heterocycles. The van der Waals surface area contributed by atoms with Crippen LogP contribution in [-0.2, 0) is 20.2 Å². The molecular formula is C13H28OPtSi2. The summed E-state index contributed by atoms with van der Waals surface area (Å²) < 4.78 is 8.67. The van der Waals surface area contributed by atoms with Crippen molar-refractivity contribution >= 4 is 16.6 Å². The summed E-state index contributed by atoms with van der Waals surface area (Å²) in [6, 6.07) is 0. The Morgan fingerprint density at radius 1 is 1.00 bits per heavy atom. The molecule has 0 heterocycles. The third-order valence-corrected chi connectivity index (χ3v) is 25.2. The molecule has 1 aliphatic rings. The minimum atomic E-state index is -1.68. The summed E-state index contributed by atoms with van der Waals surface area (Å²) in [6.45, 7) is 11.8. The molecule has 0 fully saturated rings. The quantitative estimate of drug-likeness (QED) is 0.525. The van der Waals surface area contributed by atoms with Gasteiger partial charge in [-0.3, -0.25) is 0 Å². The molecule has 1 aliphatic carbocycles. The zero-order valence-electron chi connectivity index (χ0n) is 12.3. The Hall–Kier alpha value is 0.562. The molecule has 4 heteroatoms. The second kappa shape index (κ2) is 5.28. The van der Waals surface area contributed by atoms with E-state index in [0.717, 1.165) is 4.31 Å². The zero-order valence-corrected chi connectivity index (χ0v) is 16.6. The van der Waals surface area contributed by atoms with Crippen molar-refractivity contribution in [2.75, 3.05) is 0 Å². The predicted molar refractivity (Wildman–Crippen MR) is 80.5 cm³/mol. The number of hydrogen-bond donors (Lipinski definition) is 0. The molecule has 1 rings (SSSR count). The van der Waals surface area contributed by atoms with Gasteiger partial charge in [0.25, 0.3) is 0 Å². The van der Waals surface area contributed by atoms with E-state index in [1.807, 2.05) is 0 Å². The van der Waals surface area contributed by atoms with E-state index in [1.165, 1.54) is 4.43 Å². The van der Waals surface area contributed by atoms with Gasteiger partial charge in [0.15, 0.2) is 0 Å². The first-order chi connectivity index (χ1) is 7.52. The van der Waals surface area contributed by atoms with Gasteiger partial charge in [-0.25, -0.2) is 0 Å². The van der Waals surface area contributed by atoms with Crippen molar-refractivity contribution in [2.45, 2.75) is 52.1 Å². The maximum atomic E-state index is 6.50. The summed E-state index contributed by atoms with van der Waals surface area (Å²) in [5.74, 6) is 0. The van der Waals surface area contributed by atoms with Crippen molar-refractivity contribution in [1.82, 2.24) is 0 Å². The molecule has 104 valence electrons. The molecule has 0 aromatic rings. The van der Waals surface area contributed by atoms with Crippen LogP contribution in [0.15, 0.2) is 24.3 Å². The van der Waals surface area contributed by atoms with E-state index in [-0.39, 0.29) is 0 Å². The van der Waals surface area contributed by atoms with Gasteiger partial charge in [-0.1, -0.05) is 0 Å². The van der Waals surface area contributed by atoms with Crippen molar-refractivity contribution in [3.05, 3.63) is 24.3 Å². The molecule has 0 spiro atoms. The molecule has 1 nitrogen and oxygen atoms in total. The Balaban J connectivity index is 2.68. The van der Waals surface area contributed by atoms with Crippen LogP contribution in [-0.4, -0.2) is 16.6 Å². The predicted octanol–water partition coefficient (Wildman–Crippen LogP) is 5.17. The van der Waals surface area contributed by atoms with Crippen LogP contribution in [0, 0.1) is 0 Å². The molecule has 0 aromatic heterocycles. The van der Waals surface area contributed by atoms with Crippen LogP contribution in [0.5, 0.6) is 0 Å². The van der Waals surface area contributed by atoms with Gasteiger partial charge in [0.2, 0.25) is 0 Å². The molecule has 0 aromatic carbocycles. The summed E-state index contributed by atoms with van der Waals surface area (Å²) in [7, 11) is -2.84. The fourth-order valence-electron chi connectivity index (χ4n) is 2.34. The van der Waals surface area contributed by atoms with Crippen molar-refractivity contribution in [3.8, 4) is 0 Å². The summed E-state index contributed by atoms with van der Waals surface area (Å²) in [4.78, 5) is 0. The summed E-state index contributed by atoms with van der Waals surface area (Å²) in [5, 5.41) is 5.11.